The molecular weight excluding hydrogens is 328 g/mol. The molecule has 1 aliphatic heterocycles. The van der Waals surface area contributed by atoms with Crippen molar-refractivity contribution < 1.29 is 14.6 Å². The maximum Gasteiger partial charge on any atom is 0.225 e. The molecule has 1 aromatic carbocycles. The molecule has 24 heavy (non-hydrogen) atoms. The van der Waals surface area contributed by atoms with Crippen LogP contribution in [0.1, 0.15) is 18.4 Å². The summed E-state index contributed by atoms with van der Waals surface area (Å²) in [5, 5.41) is 10.8. The van der Waals surface area contributed by atoms with E-state index in [9.17, 15) is 9.90 Å². The molecule has 2 fully saturated rings. The molecule has 1 N–H and O–H groups in total. The first-order valence-electron chi connectivity index (χ1n) is 8.63. The number of aliphatic hydroxyl groups is 1. The molecule has 6 heteroatoms. The number of ether oxygens (including phenoxy) is 1. The van der Waals surface area contributed by atoms with Gasteiger partial charge >= 0.3 is 0 Å². The fraction of sp³-hybridized carbons (Fsp3) is 0.611. The van der Waals surface area contributed by atoms with Gasteiger partial charge in [0.05, 0.1) is 19.3 Å². The van der Waals surface area contributed by atoms with E-state index in [1.165, 1.54) is 0 Å². The van der Waals surface area contributed by atoms with Gasteiger partial charge in [-0.25, -0.2) is 0 Å². The van der Waals surface area contributed by atoms with Crippen molar-refractivity contribution in [1.29, 1.82) is 0 Å². The van der Waals surface area contributed by atoms with Crippen LogP contribution >= 0.6 is 11.6 Å². The van der Waals surface area contributed by atoms with Gasteiger partial charge in [-0.2, -0.15) is 0 Å². The monoisotopic (exact) mass is 352 g/mol. The predicted octanol–water partition coefficient (Wildman–Crippen LogP) is 1.77. The van der Waals surface area contributed by atoms with Crippen LogP contribution < -0.4 is 0 Å². The number of halogens is 1. The van der Waals surface area contributed by atoms with Gasteiger partial charge < -0.3 is 14.7 Å². The highest BCUT2D eigenvalue weighted by molar-refractivity contribution is 6.30. The Bertz CT molecular complexity index is 540. The van der Waals surface area contributed by atoms with Gasteiger partial charge in [-0.05, 0) is 30.5 Å². The van der Waals surface area contributed by atoms with E-state index in [4.69, 9.17) is 16.3 Å². The summed E-state index contributed by atoms with van der Waals surface area (Å²) >= 11 is 5.84. The normalized spacial score (nSPS) is 20.2. The van der Waals surface area contributed by atoms with E-state index in [-0.39, 0.29) is 0 Å². The molecule has 1 amide bonds. The number of carbonyl (C=O) groups is 1. The van der Waals surface area contributed by atoms with Gasteiger partial charge in [0, 0.05) is 43.7 Å². The SMILES string of the molecule is O=C(C1CC1)N1CCN(C[C@@H](O)COCc2ccc(Cl)cc2)CC1. The third-order valence-corrected chi connectivity index (χ3v) is 4.82. The van der Waals surface area contributed by atoms with Gasteiger partial charge in [0.2, 0.25) is 5.91 Å². The molecule has 1 aliphatic carbocycles. The first-order valence-corrected chi connectivity index (χ1v) is 9.01. The quantitative estimate of drug-likeness (QED) is 0.812. The number of amides is 1. The smallest absolute Gasteiger partial charge is 0.225 e. The summed E-state index contributed by atoms with van der Waals surface area (Å²) in [5.74, 6) is 0.616. The molecule has 0 radical (unpaired) electrons. The first-order chi connectivity index (χ1) is 11.6. The van der Waals surface area contributed by atoms with E-state index in [1.807, 2.05) is 29.2 Å². The molecule has 0 aromatic heterocycles. The molecule has 1 saturated heterocycles. The number of hydrogen-bond donors (Lipinski definition) is 1. The number of nitrogens with zero attached hydrogens (tertiary/aromatic N) is 2. The van der Waals surface area contributed by atoms with Crippen molar-refractivity contribution in [3.05, 3.63) is 34.9 Å². The summed E-state index contributed by atoms with van der Waals surface area (Å²) < 4.78 is 5.58. The van der Waals surface area contributed by atoms with Crippen LogP contribution in [0.25, 0.3) is 0 Å². The third kappa shape index (κ3) is 5.18. The molecular formula is C18H25ClN2O3. The minimum atomic E-state index is -0.511. The lowest BCUT2D eigenvalue weighted by molar-refractivity contribution is -0.134. The Hall–Kier alpha value is -1.14. The van der Waals surface area contributed by atoms with Gasteiger partial charge in [-0.1, -0.05) is 23.7 Å². The van der Waals surface area contributed by atoms with Crippen molar-refractivity contribution in [3.8, 4) is 0 Å². The average Bonchev–Trinajstić information content (AvgIpc) is 3.42. The van der Waals surface area contributed by atoms with Crippen molar-refractivity contribution in [2.75, 3.05) is 39.3 Å². The molecule has 3 rings (SSSR count). The fourth-order valence-electron chi connectivity index (χ4n) is 2.98. The third-order valence-electron chi connectivity index (χ3n) is 4.57. The maximum atomic E-state index is 12.0. The Labute approximate surface area is 148 Å². The van der Waals surface area contributed by atoms with Crippen molar-refractivity contribution in [1.82, 2.24) is 9.80 Å². The molecule has 1 saturated carbocycles. The van der Waals surface area contributed by atoms with Crippen LogP contribution in [0.4, 0.5) is 0 Å². The van der Waals surface area contributed by atoms with E-state index in [2.05, 4.69) is 4.90 Å². The lowest BCUT2D eigenvalue weighted by Gasteiger charge is -2.35. The molecule has 1 atom stereocenters. The molecule has 1 heterocycles. The summed E-state index contributed by atoms with van der Waals surface area (Å²) in [6.07, 6.45) is 1.61. The van der Waals surface area contributed by atoms with Crippen LogP contribution in [0.15, 0.2) is 24.3 Å². The molecule has 2 aliphatic rings. The number of hydrogen-bond acceptors (Lipinski definition) is 4. The van der Waals surface area contributed by atoms with E-state index in [1.54, 1.807) is 0 Å². The summed E-state index contributed by atoms with van der Waals surface area (Å²) in [4.78, 5) is 16.2. The van der Waals surface area contributed by atoms with Crippen LogP contribution in [-0.4, -0.2) is 66.2 Å². The van der Waals surface area contributed by atoms with Crippen LogP contribution in [-0.2, 0) is 16.1 Å². The Morgan fingerprint density at radius 1 is 1.21 bits per heavy atom. The number of benzene rings is 1. The minimum Gasteiger partial charge on any atom is -0.389 e. The van der Waals surface area contributed by atoms with E-state index in [0.717, 1.165) is 44.6 Å². The molecule has 0 spiro atoms. The maximum absolute atomic E-state index is 12.0. The zero-order chi connectivity index (χ0) is 16.9. The summed E-state index contributed by atoms with van der Waals surface area (Å²) in [6, 6.07) is 7.51. The van der Waals surface area contributed by atoms with Crippen LogP contribution in [0, 0.1) is 5.92 Å². The second-order valence-corrected chi connectivity index (χ2v) is 7.13. The predicted molar refractivity (Wildman–Crippen MR) is 92.9 cm³/mol. The van der Waals surface area contributed by atoms with Crippen molar-refractivity contribution in [2.24, 2.45) is 5.92 Å². The second-order valence-electron chi connectivity index (χ2n) is 6.70. The molecule has 1 aromatic rings. The minimum absolute atomic E-state index is 0.295. The van der Waals surface area contributed by atoms with Crippen LogP contribution in [0.2, 0.25) is 5.02 Å². The Kier molecular flexibility index (Phi) is 6.11. The number of aliphatic hydroxyl groups excluding tert-OH is 1. The number of β-amino-alcohol motifs (C(OH)–C–C–N with tert-alkyl or cyclic N) is 1. The fourth-order valence-corrected chi connectivity index (χ4v) is 3.11. The van der Waals surface area contributed by atoms with E-state index in [0.29, 0.717) is 36.6 Å². The lowest BCUT2D eigenvalue weighted by Crippen LogP contribution is -2.51. The van der Waals surface area contributed by atoms with Gasteiger partial charge in [-0.15, -0.1) is 0 Å². The van der Waals surface area contributed by atoms with Crippen LogP contribution in [0.3, 0.4) is 0 Å². The number of carbonyl (C=O) groups excluding carboxylic acids is 1. The van der Waals surface area contributed by atoms with E-state index >= 15 is 0 Å². The first kappa shape index (κ1) is 17.7. The standard InChI is InChI=1S/C18H25ClN2O3/c19-16-5-1-14(2-6-16)12-24-13-17(22)11-20-7-9-21(10-8-20)18(23)15-3-4-15/h1-2,5-6,15,17,22H,3-4,7-13H2/t17-/m1/s1. The van der Waals surface area contributed by atoms with Gasteiger partial charge in [-0.3, -0.25) is 9.69 Å². The van der Waals surface area contributed by atoms with Crippen molar-refractivity contribution >= 4 is 17.5 Å². The topological polar surface area (TPSA) is 53.0 Å². The molecule has 0 bridgehead atoms. The zero-order valence-electron chi connectivity index (χ0n) is 13.9. The van der Waals surface area contributed by atoms with Crippen LogP contribution in [0.5, 0.6) is 0 Å². The Morgan fingerprint density at radius 2 is 1.88 bits per heavy atom. The highest BCUT2D eigenvalue weighted by Gasteiger charge is 2.34. The highest BCUT2D eigenvalue weighted by Crippen LogP contribution is 2.31. The number of rotatable bonds is 7. The van der Waals surface area contributed by atoms with Gasteiger partial charge in [0.1, 0.15) is 0 Å². The summed E-state index contributed by atoms with van der Waals surface area (Å²) in [6.45, 7) is 4.56. The summed E-state index contributed by atoms with van der Waals surface area (Å²) in [7, 11) is 0. The van der Waals surface area contributed by atoms with Gasteiger partial charge in [0.25, 0.3) is 0 Å². The largest absolute Gasteiger partial charge is 0.389 e. The average molecular weight is 353 g/mol. The number of piperazine rings is 1. The van der Waals surface area contributed by atoms with Crippen molar-refractivity contribution in [2.45, 2.75) is 25.6 Å². The highest BCUT2D eigenvalue weighted by atomic mass is 35.5. The van der Waals surface area contributed by atoms with E-state index < -0.39 is 6.10 Å². The second kappa shape index (κ2) is 8.30. The van der Waals surface area contributed by atoms with Crippen molar-refractivity contribution in [3.63, 3.8) is 0 Å². The lowest BCUT2D eigenvalue weighted by atomic mass is 10.2. The Morgan fingerprint density at radius 3 is 2.50 bits per heavy atom. The summed E-state index contributed by atoms with van der Waals surface area (Å²) in [5.41, 5.74) is 1.04. The Balaban J connectivity index is 1.31. The zero-order valence-corrected chi connectivity index (χ0v) is 14.6. The molecule has 132 valence electrons. The molecule has 5 nitrogen and oxygen atoms in total. The molecule has 0 unspecified atom stereocenters. The van der Waals surface area contributed by atoms with Gasteiger partial charge in [0.15, 0.2) is 0 Å².